The molecule has 0 unspecified atom stereocenters. The smallest absolute Gasteiger partial charge is 0.250 e. The van der Waals surface area contributed by atoms with Gasteiger partial charge in [-0.2, -0.15) is 5.10 Å². The molecule has 0 radical (unpaired) electrons. The number of carbonyl (C=O) groups is 1. The van der Waals surface area contributed by atoms with Gasteiger partial charge in [0.25, 0.3) is 5.91 Å². The molecule has 1 aromatic heterocycles. The number of benzene rings is 3. The largest absolute Gasteiger partial charge is 0.272 e. The van der Waals surface area contributed by atoms with Gasteiger partial charge < -0.3 is 0 Å². The summed E-state index contributed by atoms with van der Waals surface area (Å²) in [5, 5.41) is 13.6. The minimum Gasteiger partial charge on any atom is -0.272 e. The van der Waals surface area contributed by atoms with Crippen LogP contribution in [-0.4, -0.2) is 32.1 Å². The first-order chi connectivity index (χ1) is 15.6. The molecule has 1 N–H and O–H groups in total. The quantitative estimate of drug-likeness (QED) is 0.252. The Labute approximate surface area is 191 Å². The van der Waals surface area contributed by atoms with E-state index in [9.17, 15) is 4.79 Å². The Bertz CT molecular complexity index is 1220. The standard InChI is InChI=1S/C25H23N5OS/c1-18-13-15-20(16-14-18)19(2)26-27-23(31)17-32-25-29-28-24(21-9-5-3-6-10-21)30(25)22-11-7-4-8-12-22/h3-16H,17H2,1-2H3,(H,27,31). The summed E-state index contributed by atoms with van der Waals surface area (Å²) >= 11 is 1.32. The molecule has 0 aliphatic heterocycles. The Morgan fingerprint density at radius 2 is 1.59 bits per heavy atom. The molecule has 0 atom stereocenters. The van der Waals surface area contributed by atoms with Crippen molar-refractivity contribution in [1.29, 1.82) is 0 Å². The lowest BCUT2D eigenvalue weighted by molar-refractivity contribution is -0.118. The molecular weight excluding hydrogens is 418 g/mol. The Balaban J connectivity index is 1.49. The lowest BCUT2D eigenvalue weighted by atomic mass is 10.1. The molecule has 160 valence electrons. The number of hydrogen-bond donors (Lipinski definition) is 1. The third kappa shape index (κ3) is 5.12. The summed E-state index contributed by atoms with van der Waals surface area (Å²) in [7, 11) is 0. The minimum absolute atomic E-state index is 0.171. The molecule has 1 amide bonds. The van der Waals surface area contributed by atoms with Gasteiger partial charge in [-0.05, 0) is 31.5 Å². The van der Waals surface area contributed by atoms with Crippen molar-refractivity contribution < 1.29 is 4.79 Å². The summed E-state index contributed by atoms with van der Waals surface area (Å²) in [6.45, 7) is 3.91. The molecule has 32 heavy (non-hydrogen) atoms. The summed E-state index contributed by atoms with van der Waals surface area (Å²) in [4.78, 5) is 12.4. The molecule has 0 fully saturated rings. The third-order valence-electron chi connectivity index (χ3n) is 4.83. The van der Waals surface area contributed by atoms with Crippen molar-refractivity contribution in [1.82, 2.24) is 20.2 Å². The minimum atomic E-state index is -0.203. The number of carbonyl (C=O) groups excluding carboxylic acids is 1. The second-order valence-electron chi connectivity index (χ2n) is 7.23. The number of thioether (sulfide) groups is 1. The zero-order chi connectivity index (χ0) is 22.3. The van der Waals surface area contributed by atoms with Crippen LogP contribution in [0, 0.1) is 6.92 Å². The van der Waals surface area contributed by atoms with Crippen LogP contribution in [0.5, 0.6) is 0 Å². The van der Waals surface area contributed by atoms with Gasteiger partial charge in [0, 0.05) is 11.3 Å². The van der Waals surface area contributed by atoms with E-state index in [0.29, 0.717) is 5.16 Å². The molecule has 1 heterocycles. The fraction of sp³-hybridized carbons (Fsp3) is 0.120. The highest BCUT2D eigenvalue weighted by Gasteiger charge is 2.17. The van der Waals surface area contributed by atoms with Crippen LogP contribution in [0.3, 0.4) is 0 Å². The lowest BCUT2D eigenvalue weighted by Gasteiger charge is -2.10. The molecule has 4 aromatic rings. The summed E-state index contributed by atoms with van der Waals surface area (Å²) < 4.78 is 1.97. The number of nitrogens with zero attached hydrogens (tertiary/aromatic N) is 4. The van der Waals surface area contributed by atoms with Crippen molar-refractivity contribution >= 4 is 23.4 Å². The number of aryl methyl sites for hydroxylation is 1. The molecule has 3 aromatic carbocycles. The fourth-order valence-electron chi connectivity index (χ4n) is 3.12. The van der Waals surface area contributed by atoms with Gasteiger partial charge in [-0.15, -0.1) is 10.2 Å². The van der Waals surface area contributed by atoms with Gasteiger partial charge in [0.15, 0.2) is 11.0 Å². The summed E-state index contributed by atoms with van der Waals surface area (Å²) in [6.07, 6.45) is 0. The second kappa shape index (κ2) is 10.1. The van der Waals surface area contributed by atoms with E-state index in [1.54, 1.807) is 0 Å². The van der Waals surface area contributed by atoms with E-state index in [1.165, 1.54) is 17.3 Å². The molecule has 0 aliphatic carbocycles. The number of nitrogens with one attached hydrogen (secondary N) is 1. The summed E-state index contributed by atoms with van der Waals surface area (Å²) in [6, 6.07) is 27.8. The second-order valence-corrected chi connectivity index (χ2v) is 8.17. The zero-order valence-corrected chi connectivity index (χ0v) is 18.7. The van der Waals surface area contributed by atoms with Crippen LogP contribution >= 0.6 is 11.8 Å². The summed E-state index contributed by atoms with van der Waals surface area (Å²) in [5.41, 5.74) is 7.43. The Morgan fingerprint density at radius 1 is 0.938 bits per heavy atom. The normalized spacial score (nSPS) is 11.4. The van der Waals surface area contributed by atoms with Gasteiger partial charge in [0.2, 0.25) is 0 Å². The Kier molecular flexibility index (Phi) is 6.77. The zero-order valence-electron chi connectivity index (χ0n) is 17.9. The molecule has 0 bridgehead atoms. The number of rotatable bonds is 7. The van der Waals surface area contributed by atoms with E-state index in [2.05, 4.69) is 20.7 Å². The van der Waals surface area contributed by atoms with Crippen molar-refractivity contribution in [3.05, 3.63) is 96.1 Å². The first-order valence-corrected chi connectivity index (χ1v) is 11.2. The first-order valence-electron chi connectivity index (χ1n) is 10.2. The van der Waals surface area contributed by atoms with Crippen LogP contribution in [0.2, 0.25) is 0 Å². The van der Waals surface area contributed by atoms with Gasteiger partial charge in [0.05, 0.1) is 11.5 Å². The number of hydrogen-bond acceptors (Lipinski definition) is 5. The van der Waals surface area contributed by atoms with Gasteiger partial charge >= 0.3 is 0 Å². The van der Waals surface area contributed by atoms with E-state index < -0.39 is 0 Å². The molecule has 0 saturated carbocycles. The van der Waals surface area contributed by atoms with Gasteiger partial charge in [-0.1, -0.05) is 90.1 Å². The van der Waals surface area contributed by atoms with Gasteiger partial charge in [-0.25, -0.2) is 5.43 Å². The summed E-state index contributed by atoms with van der Waals surface area (Å²) in [5.74, 6) is 0.697. The molecule has 6 nitrogen and oxygen atoms in total. The van der Waals surface area contributed by atoms with Crippen molar-refractivity contribution in [3.8, 4) is 17.1 Å². The van der Waals surface area contributed by atoms with E-state index >= 15 is 0 Å². The SMILES string of the molecule is CC(=NNC(=O)CSc1nnc(-c2ccccc2)n1-c1ccccc1)c1ccc(C)cc1. The average molecular weight is 442 g/mol. The maximum Gasteiger partial charge on any atom is 0.250 e. The molecule has 0 saturated heterocycles. The molecule has 0 aliphatic rings. The number of aromatic nitrogens is 3. The molecular formula is C25H23N5OS. The maximum absolute atomic E-state index is 12.4. The molecule has 0 spiro atoms. The van der Waals surface area contributed by atoms with E-state index in [-0.39, 0.29) is 11.7 Å². The third-order valence-corrected chi connectivity index (χ3v) is 5.76. The predicted molar refractivity (Wildman–Crippen MR) is 129 cm³/mol. The van der Waals surface area contributed by atoms with Crippen molar-refractivity contribution in [3.63, 3.8) is 0 Å². The van der Waals surface area contributed by atoms with E-state index in [0.717, 1.165) is 28.4 Å². The average Bonchev–Trinajstić information content (AvgIpc) is 3.27. The molecule has 4 rings (SSSR count). The highest BCUT2D eigenvalue weighted by atomic mass is 32.2. The highest BCUT2D eigenvalue weighted by Crippen LogP contribution is 2.27. The fourth-order valence-corrected chi connectivity index (χ4v) is 3.86. The monoisotopic (exact) mass is 441 g/mol. The first kappa shape index (κ1) is 21.5. The number of para-hydroxylation sites is 1. The van der Waals surface area contributed by atoms with Gasteiger partial charge in [0.1, 0.15) is 0 Å². The lowest BCUT2D eigenvalue weighted by Crippen LogP contribution is -2.21. The number of amides is 1. The van der Waals surface area contributed by atoms with Crippen molar-refractivity contribution in [2.24, 2.45) is 5.10 Å². The van der Waals surface area contributed by atoms with Crippen LogP contribution in [0.4, 0.5) is 0 Å². The topological polar surface area (TPSA) is 72.2 Å². The van der Waals surface area contributed by atoms with Crippen molar-refractivity contribution in [2.45, 2.75) is 19.0 Å². The highest BCUT2D eigenvalue weighted by molar-refractivity contribution is 7.99. The Hall–Kier alpha value is -3.71. The van der Waals surface area contributed by atoms with Crippen LogP contribution in [-0.2, 0) is 4.79 Å². The Morgan fingerprint density at radius 3 is 2.28 bits per heavy atom. The van der Waals surface area contributed by atoms with Crippen LogP contribution in [0.15, 0.2) is 95.2 Å². The van der Waals surface area contributed by atoms with Gasteiger partial charge in [-0.3, -0.25) is 9.36 Å². The molecule has 7 heteroatoms. The van der Waals surface area contributed by atoms with E-state index in [1.807, 2.05) is 103 Å². The maximum atomic E-state index is 12.4. The van der Waals surface area contributed by atoms with Crippen LogP contribution < -0.4 is 5.43 Å². The van der Waals surface area contributed by atoms with Crippen molar-refractivity contribution in [2.75, 3.05) is 5.75 Å². The number of hydrazone groups is 1. The van der Waals surface area contributed by atoms with Crippen LogP contribution in [0.25, 0.3) is 17.1 Å². The van der Waals surface area contributed by atoms with Crippen LogP contribution in [0.1, 0.15) is 18.1 Å². The van der Waals surface area contributed by atoms with E-state index in [4.69, 9.17) is 0 Å². The predicted octanol–water partition coefficient (Wildman–Crippen LogP) is 4.88.